The van der Waals surface area contributed by atoms with Crippen LogP contribution in [0.4, 0.5) is 4.79 Å². The summed E-state index contributed by atoms with van der Waals surface area (Å²) >= 11 is 0. The maximum absolute atomic E-state index is 12.3. The number of hydrogen-bond acceptors (Lipinski definition) is 6. The molecule has 0 radical (unpaired) electrons. The lowest BCUT2D eigenvalue weighted by Gasteiger charge is -2.24. The summed E-state index contributed by atoms with van der Waals surface area (Å²) in [6, 6.07) is 3.71. The van der Waals surface area contributed by atoms with Crippen LogP contribution in [0.25, 0.3) is 0 Å². The molecule has 0 saturated heterocycles. The van der Waals surface area contributed by atoms with Gasteiger partial charge in [0.1, 0.15) is 5.54 Å². The molecule has 1 atom stereocenters. The molecule has 1 rings (SSSR count). The van der Waals surface area contributed by atoms with Crippen molar-refractivity contribution in [2.45, 2.75) is 38.8 Å². The number of hydrogen-bond donors (Lipinski definition) is 4. The highest BCUT2D eigenvalue weighted by atomic mass is 16.6. The predicted octanol–water partition coefficient (Wildman–Crippen LogP) is -0.279. The van der Waals surface area contributed by atoms with Crippen LogP contribution in [0.2, 0.25) is 0 Å². The third-order valence-electron chi connectivity index (χ3n) is 3.53. The minimum absolute atomic E-state index is 0.0176. The van der Waals surface area contributed by atoms with Gasteiger partial charge in [-0.3, -0.25) is 4.79 Å². The van der Waals surface area contributed by atoms with E-state index in [1.165, 1.54) is 33.1 Å². The molecule has 0 heterocycles. The van der Waals surface area contributed by atoms with Crippen molar-refractivity contribution >= 4 is 18.0 Å². The fourth-order valence-corrected chi connectivity index (χ4v) is 2.14. The van der Waals surface area contributed by atoms with E-state index < -0.39 is 29.6 Å². The monoisotopic (exact) mass is 368 g/mol. The SMILES string of the molecule is CCNC(=O)Oc1cc(C[C@H]([NH3+])C(=O)NC(C)(C)C(=O)OC)ccc1O. The molecule has 6 N–H and O–H groups in total. The van der Waals surface area contributed by atoms with Gasteiger partial charge in [0.05, 0.1) is 7.11 Å². The first-order chi connectivity index (χ1) is 12.1. The Morgan fingerprint density at radius 3 is 2.54 bits per heavy atom. The van der Waals surface area contributed by atoms with E-state index in [9.17, 15) is 19.5 Å². The normalized spacial score (nSPS) is 12.0. The molecule has 0 bridgehead atoms. The van der Waals surface area contributed by atoms with Crippen molar-refractivity contribution in [3.8, 4) is 11.5 Å². The molecule has 0 saturated carbocycles. The molecular weight excluding hydrogens is 342 g/mol. The first kappa shape index (κ1) is 21.2. The number of methoxy groups -OCH3 is 1. The summed E-state index contributed by atoms with van der Waals surface area (Å²) in [7, 11) is 1.24. The van der Waals surface area contributed by atoms with Crippen LogP contribution in [-0.4, -0.2) is 48.3 Å². The van der Waals surface area contributed by atoms with Gasteiger partial charge in [0, 0.05) is 13.0 Å². The van der Waals surface area contributed by atoms with Crippen molar-refractivity contribution in [2.75, 3.05) is 13.7 Å². The molecular formula is C17H26N3O6+. The van der Waals surface area contributed by atoms with Crippen molar-refractivity contribution in [1.29, 1.82) is 0 Å². The molecule has 0 aromatic heterocycles. The molecule has 0 spiro atoms. The average Bonchev–Trinajstić information content (AvgIpc) is 2.56. The number of phenols is 1. The standard InChI is InChI=1S/C17H25N3O6/c1-5-19-16(24)26-13-9-10(6-7-12(13)21)8-11(18)14(22)20-17(2,3)15(23)25-4/h6-7,9,11,21H,5,8,18H2,1-4H3,(H,19,24)(H,20,22)/p+1/t11-/m0/s1. The van der Waals surface area contributed by atoms with Gasteiger partial charge in [-0.25, -0.2) is 9.59 Å². The van der Waals surface area contributed by atoms with Crippen LogP contribution in [0.3, 0.4) is 0 Å². The van der Waals surface area contributed by atoms with Crippen molar-refractivity contribution < 1.29 is 34.7 Å². The van der Waals surface area contributed by atoms with E-state index >= 15 is 0 Å². The van der Waals surface area contributed by atoms with Crippen molar-refractivity contribution in [3.05, 3.63) is 23.8 Å². The minimum atomic E-state index is -1.18. The Bertz CT molecular complexity index is 674. The van der Waals surface area contributed by atoms with E-state index in [0.717, 1.165) is 0 Å². The highest BCUT2D eigenvalue weighted by molar-refractivity contribution is 5.89. The number of nitrogens with one attached hydrogen (secondary N) is 2. The number of esters is 1. The molecule has 9 heteroatoms. The van der Waals surface area contributed by atoms with E-state index in [4.69, 9.17) is 4.74 Å². The molecule has 0 aliphatic rings. The summed E-state index contributed by atoms with van der Waals surface area (Å²) in [5.41, 5.74) is 3.25. The van der Waals surface area contributed by atoms with Crippen molar-refractivity contribution in [3.63, 3.8) is 0 Å². The van der Waals surface area contributed by atoms with Gasteiger partial charge in [-0.2, -0.15) is 0 Å². The maximum Gasteiger partial charge on any atom is 0.412 e. The van der Waals surface area contributed by atoms with E-state index in [1.807, 2.05) is 0 Å². The number of carbonyl (C=O) groups is 3. The predicted molar refractivity (Wildman–Crippen MR) is 92.4 cm³/mol. The fraction of sp³-hybridized carbons (Fsp3) is 0.471. The lowest BCUT2D eigenvalue weighted by molar-refractivity contribution is -0.403. The fourth-order valence-electron chi connectivity index (χ4n) is 2.14. The number of rotatable bonds is 7. The second kappa shape index (κ2) is 9.04. The largest absolute Gasteiger partial charge is 0.504 e. The first-order valence-corrected chi connectivity index (χ1v) is 8.11. The second-order valence-electron chi connectivity index (χ2n) is 6.23. The number of phenolic OH excluding ortho intramolecular Hbond substituents is 1. The van der Waals surface area contributed by atoms with Gasteiger partial charge in [0.25, 0.3) is 5.91 Å². The topological polar surface area (TPSA) is 142 Å². The zero-order chi connectivity index (χ0) is 19.9. The number of carbonyl (C=O) groups excluding carboxylic acids is 3. The lowest BCUT2D eigenvalue weighted by atomic mass is 10.0. The molecule has 1 aromatic carbocycles. The van der Waals surface area contributed by atoms with E-state index in [2.05, 4.69) is 21.1 Å². The first-order valence-electron chi connectivity index (χ1n) is 8.11. The Morgan fingerprint density at radius 2 is 1.96 bits per heavy atom. The van der Waals surface area contributed by atoms with Crippen LogP contribution in [0.1, 0.15) is 26.3 Å². The zero-order valence-electron chi connectivity index (χ0n) is 15.4. The maximum atomic E-state index is 12.3. The zero-order valence-corrected chi connectivity index (χ0v) is 15.4. The van der Waals surface area contributed by atoms with Gasteiger partial charge in [0.15, 0.2) is 17.5 Å². The number of amides is 2. The summed E-state index contributed by atoms with van der Waals surface area (Å²) in [5, 5.41) is 14.8. The summed E-state index contributed by atoms with van der Waals surface area (Å²) in [5.74, 6) is -1.21. The number of benzene rings is 1. The minimum Gasteiger partial charge on any atom is -0.504 e. The third-order valence-corrected chi connectivity index (χ3v) is 3.53. The van der Waals surface area contributed by atoms with Gasteiger partial charge < -0.3 is 30.9 Å². The molecule has 0 unspecified atom stereocenters. The Hall–Kier alpha value is -2.81. The summed E-state index contributed by atoms with van der Waals surface area (Å²) in [6.45, 7) is 5.18. The van der Waals surface area contributed by atoms with Crippen LogP contribution in [0.15, 0.2) is 18.2 Å². The van der Waals surface area contributed by atoms with Gasteiger partial charge in [-0.1, -0.05) is 6.07 Å². The smallest absolute Gasteiger partial charge is 0.412 e. The molecule has 0 aliphatic carbocycles. The Balaban J connectivity index is 2.80. The van der Waals surface area contributed by atoms with E-state index in [0.29, 0.717) is 12.1 Å². The molecule has 144 valence electrons. The number of quaternary nitrogens is 1. The van der Waals surface area contributed by atoms with Crippen LogP contribution in [0.5, 0.6) is 11.5 Å². The van der Waals surface area contributed by atoms with Crippen LogP contribution in [0, 0.1) is 0 Å². The van der Waals surface area contributed by atoms with Crippen LogP contribution >= 0.6 is 0 Å². The molecule has 9 nitrogen and oxygen atoms in total. The van der Waals surface area contributed by atoms with E-state index in [-0.39, 0.29) is 17.9 Å². The van der Waals surface area contributed by atoms with Gasteiger partial charge >= 0.3 is 12.1 Å². The lowest BCUT2D eigenvalue weighted by Crippen LogP contribution is -2.70. The van der Waals surface area contributed by atoms with Gasteiger partial charge in [-0.05, 0) is 38.5 Å². The molecule has 0 aliphatic heterocycles. The summed E-state index contributed by atoms with van der Waals surface area (Å²) in [6.07, 6.45) is -0.474. The molecule has 26 heavy (non-hydrogen) atoms. The molecule has 2 amide bonds. The van der Waals surface area contributed by atoms with E-state index in [1.54, 1.807) is 13.0 Å². The van der Waals surface area contributed by atoms with Crippen LogP contribution < -0.4 is 21.1 Å². The summed E-state index contributed by atoms with van der Waals surface area (Å²) in [4.78, 5) is 35.4. The average molecular weight is 368 g/mol. The Labute approximate surface area is 151 Å². The van der Waals surface area contributed by atoms with Crippen LogP contribution in [-0.2, 0) is 20.7 Å². The van der Waals surface area contributed by atoms with Crippen molar-refractivity contribution in [1.82, 2.24) is 10.6 Å². The Morgan fingerprint density at radius 1 is 1.31 bits per heavy atom. The van der Waals surface area contributed by atoms with Gasteiger partial charge in [0.2, 0.25) is 0 Å². The second-order valence-corrected chi connectivity index (χ2v) is 6.23. The van der Waals surface area contributed by atoms with Crippen molar-refractivity contribution in [2.24, 2.45) is 0 Å². The number of ether oxygens (including phenoxy) is 2. The van der Waals surface area contributed by atoms with Gasteiger partial charge in [-0.15, -0.1) is 0 Å². The number of aromatic hydroxyl groups is 1. The third kappa shape index (κ3) is 5.92. The quantitative estimate of drug-likeness (QED) is 0.488. The molecule has 0 fully saturated rings. The highest BCUT2D eigenvalue weighted by Gasteiger charge is 2.33. The molecule has 1 aromatic rings. The Kier molecular flexibility index (Phi) is 7.39. The highest BCUT2D eigenvalue weighted by Crippen LogP contribution is 2.27. The summed E-state index contributed by atoms with van der Waals surface area (Å²) < 4.78 is 9.66.